The normalized spacial score (nSPS) is 25.7. The van der Waals surface area contributed by atoms with Crippen molar-refractivity contribution < 1.29 is 33.5 Å². The van der Waals surface area contributed by atoms with E-state index in [4.69, 9.17) is 14.2 Å². The third-order valence-electron chi connectivity index (χ3n) is 8.37. The molecule has 2 aromatic rings. The average molecular weight is 562 g/mol. The third kappa shape index (κ3) is 4.17. The molecule has 0 radical (unpaired) electrons. The molecule has 2 saturated heterocycles. The van der Waals surface area contributed by atoms with Crippen molar-refractivity contribution in [1.82, 2.24) is 5.01 Å². The van der Waals surface area contributed by atoms with Gasteiger partial charge in [-0.15, -0.1) is 0 Å². The second-order valence-corrected chi connectivity index (χ2v) is 12.1. The molecule has 1 saturated carbocycles. The second-order valence-electron chi connectivity index (χ2n) is 12.1. The van der Waals surface area contributed by atoms with Gasteiger partial charge in [0.15, 0.2) is 6.04 Å². The number of esters is 3. The Labute approximate surface area is 236 Å². The van der Waals surface area contributed by atoms with Gasteiger partial charge in [0.05, 0.1) is 11.1 Å². The van der Waals surface area contributed by atoms with Gasteiger partial charge >= 0.3 is 17.9 Å². The lowest BCUT2D eigenvalue weighted by Gasteiger charge is -2.47. The standard InChI is InChI=1S/C30H31N3O8/c1-28(2,3)39-25(34)23-22(18-11-13-20(14-12-18)33(37)38)30(24-21-10-6-5-9-19(21)17-31-32(23)24)26(35)40-29(41-27(30)36)15-7-4-8-16-29/h5-6,9-14,17,22-24H,4,7-8,15-16H2,1-3H3/t22-,23+,24-/m1/s1. The molecule has 11 heteroatoms. The zero-order chi connectivity index (χ0) is 29.2. The number of ether oxygens (including phenoxy) is 3. The molecule has 3 heterocycles. The fraction of sp³-hybridized carbons (Fsp3) is 0.467. The number of carbonyl (C=O) groups is 3. The predicted octanol–water partition coefficient (Wildman–Crippen LogP) is 4.54. The Morgan fingerprint density at radius 3 is 2.27 bits per heavy atom. The maximum Gasteiger partial charge on any atom is 0.331 e. The van der Waals surface area contributed by atoms with E-state index < -0.39 is 57.6 Å². The van der Waals surface area contributed by atoms with Crippen LogP contribution in [0.2, 0.25) is 0 Å². The minimum absolute atomic E-state index is 0.175. The topological polar surface area (TPSA) is 138 Å². The van der Waals surface area contributed by atoms with Crippen LogP contribution in [0.4, 0.5) is 5.69 Å². The Bertz CT molecular complexity index is 1430. The number of nitro benzene ring substituents is 1. The van der Waals surface area contributed by atoms with Gasteiger partial charge in [-0.25, -0.2) is 4.79 Å². The summed E-state index contributed by atoms with van der Waals surface area (Å²) in [5.41, 5.74) is -1.48. The summed E-state index contributed by atoms with van der Waals surface area (Å²) >= 11 is 0. The van der Waals surface area contributed by atoms with Gasteiger partial charge in [-0.2, -0.15) is 5.10 Å². The van der Waals surface area contributed by atoms with Gasteiger partial charge in [-0.05, 0) is 50.3 Å². The van der Waals surface area contributed by atoms with E-state index in [1.165, 1.54) is 29.3 Å². The Morgan fingerprint density at radius 1 is 1.02 bits per heavy atom. The number of hydrogen-bond acceptors (Lipinski definition) is 10. The lowest BCUT2D eigenvalue weighted by Crippen LogP contribution is -2.60. The van der Waals surface area contributed by atoms with Crippen molar-refractivity contribution in [3.05, 3.63) is 75.3 Å². The molecule has 2 aromatic carbocycles. The van der Waals surface area contributed by atoms with Crippen LogP contribution in [-0.4, -0.2) is 51.5 Å². The van der Waals surface area contributed by atoms with Crippen LogP contribution in [0.25, 0.3) is 0 Å². The van der Waals surface area contributed by atoms with Gasteiger partial charge in [0.25, 0.3) is 11.5 Å². The van der Waals surface area contributed by atoms with Gasteiger partial charge < -0.3 is 14.2 Å². The van der Waals surface area contributed by atoms with Crippen molar-refractivity contribution >= 4 is 29.8 Å². The number of fused-ring (bicyclic) bond motifs is 4. The number of non-ortho nitro benzene ring substituents is 1. The number of hydrogen-bond donors (Lipinski definition) is 0. The summed E-state index contributed by atoms with van der Waals surface area (Å²) in [5.74, 6) is -4.84. The van der Waals surface area contributed by atoms with Crippen molar-refractivity contribution in [1.29, 1.82) is 0 Å². The SMILES string of the molecule is CC(C)(C)OC(=O)[C@@H]1[C@@H](c2ccc([N+](=O)[O-])cc2)C2(C(=O)OC3(CCCCC3)OC2=O)[C@H]2c3ccccc3C=NN12. The minimum Gasteiger partial charge on any atom is -0.458 e. The molecule has 0 amide bonds. The first kappa shape index (κ1) is 26.9. The molecule has 4 aliphatic rings. The number of nitro groups is 1. The van der Waals surface area contributed by atoms with Gasteiger partial charge in [-0.3, -0.25) is 24.7 Å². The highest BCUT2D eigenvalue weighted by Gasteiger charge is 2.76. The first-order valence-corrected chi connectivity index (χ1v) is 13.8. The Balaban J connectivity index is 1.59. The molecule has 41 heavy (non-hydrogen) atoms. The van der Waals surface area contributed by atoms with Crippen LogP contribution in [0.1, 0.15) is 81.5 Å². The maximum absolute atomic E-state index is 14.5. The van der Waals surface area contributed by atoms with E-state index in [1.54, 1.807) is 39.1 Å². The molecule has 3 atom stereocenters. The molecular weight excluding hydrogens is 530 g/mol. The van der Waals surface area contributed by atoms with Crippen molar-refractivity contribution in [2.45, 2.75) is 82.3 Å². The van der Waals surface area contributed by atoms with Crippen LogP contribution in [-0.2, 0) is 28.6 Å². The molecule has 2 spiro atoms. The number of nitrogens with zero attached hydrogens (tertiary/aromatic N) is 3. The van der Waals surface area contributed by atoms with E-state index in [-0.39, 0.29) is 5.69 Å². The maximum atomic E-state index is 14.5. The summed E-state index contributed by atoms with van der Waals surface area (Å²) in [7, 11) is 0. The third-order valence-corrected chi connectivity index (χ3v) is 8.37. The van der Waals surface area contributed by atoms with E-state index in [0.717, 1.165) is 19.3 Å². The van der Waals surface area contributed by atoms with E-state index in [1.807, 2.05) is 12.1 Å². The number of carbonyl (C=O) groups excluding carboxylic acids is 3. The summed E-state index contributed by atoms with van der Waals surface area (Å²) < 4.78 is 18.0. The zero-order valence-electron chi connectivity index (χ0n) is 23.1. The quantitative estimate of drug-likeness (QED) is 0.229. The molecule has 1 aliphatic carbocycles. The summed E-state index contributed by atoms with van der Waals surface area (Å²) in [6.07, 6.45) is 4.78. The van der Waals surface area contributed by atoms with Crippen LogP contribution in [0, 0.1) is 15.5 Å². The molecular formula is C30H31N3O8. The minimum atomic E-state index is -2.05. The summed E-state index contributed by atoms with van der Waals surface area (Å²) in [5, 5.41) is 17.5. The molecule has 0 bridgehead atoms. The smallest absolute Gasteiger partial charge is 0.331 e. The van der Waals surface area contributed by atoms with E-state index in [9.17, 15) is 24.5 Å². The van der Waals surface area contributed by atoms with E-state index >= 15 is 0 Å². The van der Waals surface area contributed by atoms with E-state index in [0.29, 0.717) is 29.5 Å². The van der Waals surface area contributed by atoms with Gasteiger partial charge in [-0.1, -0.05) is 42.8 Å². The Morgan fingerprint density at radius 2 is 1.66 bits per heavy atom. The largest absolute Gasteiger partial charge is 0.458 e. The molecule has 0 aromatic heterocycles. The molecule has 0 unspecified atom stereocenters. The second kappa shape index (κ2) is 9.39. The molecule has 6 rings (SSSR count). The lowest BCUT2D eigenvalue weighted by atomic mass is 9.65. The summed E-state index contributed by atoms with van der Waals surface area (Å²) in [4.78, 5) is 53.9. The zero-order valence-corrected chi connectivity index (χ0v) is 23.1. The predicted molar refractivity (Wildman–Crippen MR) is 145 cm³/mol. The van der Waals surface area contributed by atoms with Crippen molar-refractivity contribution in [2.24, 2.45) is 10.5 Å². The molecule has 214 valence electrons. The van der Waals surface area contributed by atoms with Gasteiger partial charge in [0.2, 0.25) is 5.41 Å². The number of benzene rings is 2. The lowest BCUT2D eigenvalue weighted by molar-refractivity contribution is -0.384. The van der Waals surface area contributed by atoms with Crippen molar-refractivity contribution in [3.63, 3.8) is 0 Å². The molecule has 0 N–H and O–H groups in total. The molecule has 3 fully saturated rings. The van der Waals surface area contributed by atoms with Crippen molar-refractivity contribution in [3.8, 4) is 0 Å². The van der Waals surface area contributed by atoms with Gasteiger partial charge in [0, 0.05) is 30.9 Å². The fourth-order valence-electron chi connectivity index (χ4n) is 6.71. The Kier molecular flexibility index (Phi) is 6.16. The number of hydrazone groups is 1. The van der Waals surface area contributed by atoms with Crippen LogP contribution in [0.3, 0.4) is 0 Å². The average Bonchev–Trinajstić information content (AvgIpc) is 3.24. The first-order chi connectivity index (χ1) is 19.5. The highest BCUT2D eigenvalue weighted by Crippen LogP contribution is 2.63. The van der Waals surface area contributed by atoms with Crippen LogP contribution in [0.15, 0.2) is 53.6 Å². The van der Waals surface area contributed by atoms with Crippen LogP contribution in [0.5, 0.6) is 0 Å². The molecule has 3 aliphatic heterocycles. The summed E-state index contributed by atoms with van der Waals surface area (Å²) in [6, 6.07) is 10.4. The van der Waals surface area contributed by atoms with Gasteiger partial charge in [0.1, 0.15) is 11.6 Å². The highest BCUT2D eigenvalue weighted by molar-refractivity contribution is 6.06. The first-order valence-electron chi connectivity index (χ1n) is 13.8. The fourth-order valence-corrected chi connectivity index (χ4v) is 6.71. The number of rotatable bonds is 3. The van der Waals surface area contributed by atoms with Crippen molar-refractivity contribution in [2.75, 3.05) is 0 Å². The monoisotopic (exact) mass is 561 g/mol. The van der Waals surface area contributed by atoms with E-state index in [2.05, 4.69) is 5.10 Å². The highest BCUT2D eigenvalue weighted by atomic mass is 16.7. The Hall–Kier alpha value is -4.28. The molecule has 11 nitrogen and oxygen atoms in total. The summed E-state index contributed by atoms with van der Waals surface area (Å²) in [6.45, 7) is 5.16. The van der Waals surface area contributed by atoms with Crippen LogP contribution < -0.4 is 0 Å². The van der Waals surface area contributed by atoms with Crippen LogP contribution >= 0.6 is 0 Å².